The summed E-state index contributed by atoms with van der Waals surface area (Å²) >= 11 is 0. The van der Waals surface area contributed by atoms with E-state index in [0.717, 1.165) is 0 Å². The van der Waals surface area contributed by atoms with Crippen LogP contribution < -0.4 is 0 Å². The highest BCUT2D eigenvalue weighted by molar-refractivity contribution is 5.39. The van der Waals surface area contributed by atoms with Crippen LogP contribution in [0.3, 0.4) is 0 Å². The molecule has 0 fully saturated rings. The van der Waals surface area contributed by atoms with Gasteiger partial charge in [0, 0.05) is 0 Å². The topological polar surface area (TPSA) is 0 Å². The van der Waals surface area contributed by atoms with Crippen molar-refractivity contribution in [3.05, 3.63) is 142 Å². The zero-order chi connectivity index (χ0) is 34.0. The van der Waals surface area contributed by atoms with Crippen molar-refractivity contribution in [1.82, 2.24) is 0 Å². The van der Waals surface area contributed by atoms with Crippen LogP contribution >= 0.6 is 0 Å². The van der Waals surface area contributed by atoms with Crippen LogP contribution in [0.2, 0.25) is 0 Å². The Labute approximate surface area is 285 Å². The molecule has 3 rings (SSSR count). The average Bonchev–Trinajstić information content (AvgIpc) is 2.99. The fourth-order valence-electron chi connectivity index (χ4n) is 6.55. The Morgan fingerprint density at radius 3 is 1.17 bits per heavy atom. The molecule has 0 saturated carbocycles. The smallest absolute Gasteiger partial charge is 0.0104 e. The van der Waals surface area contributed by atoms with Crippen molar-refractivity contribution in [2.45, 2.75) is 133 Å². The Balaban J connectivity index is 0.00000109. The molecule has 0 heteroatoms. The SMILES string of the molecule is C1=CCCCC1.CC1=C(/C=C/C(C)=C/C=C/C(C)=C/C=C/C=C(C)/C=C/C=C(C)/C=C/C2=C(C)CCCC2(C)C)C(C)(C)CCC1. The second kappa shape index (κ2) is 20.2. The Morgan fingerprint density at radius 2 is 0.848 bits per heavy atom. The van der Waals surface area contributed by atoms with Crippen LogP contribution in [0.5, 0.6) is 0 Å². The summed E-state index contributed by atoms with van der Waals surface area (Å²) in [6.45, 7) is 22.7. The third kappa shape index (κ3) is 15.0. The van der Waals surface area contributed by atoms with E-state index in [9.17, 15) is 0 Å². The van der Waals surface area contributed by atoms with Crippen molar-refractivity contribution in [2.75, 3.05) is 0 Å². The summed E-state index contributed by atoms with van der Waals surface area (Å²) in [5, 5.41) is 0. The molecule has 0 N–H and O–H groups in total. The normalized spacial score (nSPS) is 21.9. The molecule has 3 aliphatic rings. The molecule has 0 nitrogen and oxygen atoms in total. The summed E-state index contributed by atoms with van der Waals surface area (Å²) in [7, 11) is 0. The molecular formula is C46H66. The van der Waals surface area contributed by atoms with Gasteiger partial charge in [0.25, 0.3) is 0 Å². The molecule has 3 aliphatic carbocycles. The van der Waals surface area contributed by atoms with E-state index < -0.39 is 0 Å². The lowest BCUT2D eigenvalue weighted by molar-refractivity contribution is 0.376. The summed E-state index contributed by atoms with van der Waals surface area (Å²) in [6.07, 6.45) is 48.4. The lowest BCUT2D eigenvalue weighted by atomic mass is 9.72. The van der Waals surface area contributed by atoms with Crippen LogP contribution in [0.25, 0.3) is 0 Å². The summed E-state index contributed by atoms with van der Waals surface area (Å²) in [4.78, 5) is 0. The molecule has 0 aromatic carbocycles. The highest BCUT2D eigenvalue weighted by Crippen LogP contribution is 2.41. The molecule has 46 heavy (non-hydrogen) atoms. The van der Waals surface area contributed by atoms with E-state index in [1.807, 2.05) is 0 Å². The minimum absolute atomic E-state index is 0.291. The maximum Gasteiger partial charge on any atom is -0.0104 e. The summed E-state index contributed by atoms with van der Waals surface area (Å²) in [5.74, 6) is 0. The van der Waals surface area contributed by atoms with E-state index in [4.69, 9.17) is 0 Å². The van der Waals surface area contributed by atoms with Crippen LogP contribution in [0, 0.1) is 10.8 Å². The first kappa shape index (κ1) is 39.1. The average molecular weight is 619 g/mol. The molecule has 0 aromatic heterocycles. The second-order valence-corrected chi connectivity index (χ2v) is 15.0. The number of hydrogen-bond donors (Lipinski definition) is 0. The van der Waals surface area contributed by atoms with Crippen molar-refractivity contribution >= 4 is 0 Å². The van der Waals surface area contributed by atoms with Gasteiger partial charge in [0.2, 0.25) is 0 Å². The molecule has 0 atom stereocenters. The predicted molar refractivity (Wildman–Crippen MR) is 209 cm³/mol. The third-order valence-corrected chi connectivity index (χ3v) is 9.53. The third-order valence-electron chi connectivity index (χ3n) is 9.53. The van der Waals surface area contributed by atoms with E-state index >= 15 is 0 Å². The molecule has 0 aliphatic heterocycles. The Bertz CT molecular complexity index is 1250. The molecule has 0 saturated heterocycles. The van der Waals surface area contributed by atoms with Gasteiger partial charge in [0.05, 0.1) is 0 Å². The second-order valence-electron chi connectivity index (χ2n) is 15.0. The highest BCUT2D eigenvalue weighted by Gasteiger charge is 2.27. The van der Waals surface area contributed by atoms with Crippen molar-refractivity contribution < 1.29 is 0 Å². The van der Waals surface area contributed by atoms with Gasteiger partial charge in [-0.3, -0.25) is 0 Å². The van der Waals surface area contributed by atoms with Crippen LogP contribution in [0.15, 0.2) is 142 Å². The lowest BCUT2D eigenvalue weighted by Gasteiger charge is -2.33. The molecule has 0 spiro atoms. The standard InChI is InChI=1S/C40H56.C6H10/c1-31(19-13-21-33(3)25-27-37-35(5)23-15-29-39(37,7)8)17-11-12-18-32(2)20-14-22-34(4)26-28-38-36(6)24-16-30-40(38,9)10;1-2-4-6-5-3-1/h11-14,17-22,25-28H,15-16,23-24,29-30H2,1-10H3;1-2H,3-6H2/b12-11+,19-13+,20-14+,27-25+,28-26+,31-17+,32-18+,33-21+,34-22+;. The van der Waals surface area contributed by atoms with Gasteiger partial charge in [-0.15, -0.1) is 0 Å². The van der Waals surface area contributed by atoms with Crippen molar-refractivity contribution in [2.24, 2.45) is 10.8 Å². The van der Waals surface area contributed by atoms with E-state index in [1.54, 1.807) is 11.1 Å². The van der Waals surface area contributed by atoms with Gasteiger partial charge in [-0.1, -0.05) is 158 Å². The first-order valence-corrected chi connectivity index (χ1v) is 18.0. The van der Waals surface area contributed by atoms with Crippen molar-refractivity contribution in [1.29, 1.82) is 0 Å². The van der Waals surface area contributed by atoms with E-state index in [1.165, 1.54) is 97.6 Å². The van der Waals surface area contributed by atoms with Gasteiger partial charge in [0.1, 0.15) is 0 Å². The first-order valence-electron chi connectivity index (χ1n) is 18.0. The van der Waals surface area contributed by atoms with Gasteiger partial charge in [-0.05, 0) is 128 Å². The number of allylic oxidation sites excluding steroid dienone is 24. The monoisotopic (exact) mass is 619 g/mol. The van der Waals surface area contributed by atoms with E-state index in [2.05, 4.69) is 166 Å². The molecule has 0 unspecified atom stereocenters. The van der Waals surface area contributed by atoms with Crippen LogP contribution in [-0.4, -0.2) is 0 Å². The van der Waals surface area contributed by atoms with Crippen molar-refractivity contribution in [3.63, 3.8) is 0 Å². The summed E-state index contributed by atoms with van der Waals surface area (Å²) in [5.41, 5.74) is 11.7. The molecule has 0 bridgehead atoms. The first-order chi connectivity index (χ1) is 21.8. The summed E-state index contributed by atoms with van der Waals surface area (Å²) in [6, 6.07) is 0. The molecular weight excluding hydrogens is 553 g/mol. The Hall–Kier alpha value is -3.12. The van der Waals surface area contributed by atoms with Gasteiger partial charge >= 0.3 is 0 Å². The predicted octanol–water partition coefficient (Wildman–Crippen LogP) is 14.7. The maximum atomic E-state index is 2.37. The fourth-order valence-corrected chi connectivity index (χ4v) is 6.55. The zero-order valence-corrected chi connectivity index (χ0v) is 31.3. The lowest BCUT2D eigenvalue weighted by Crippen LogP contribution is -2.19. The minimum Gasteiger partial charge on any atom is -0.0885 e. The van der Waals surface area contributed by atoms with Crippen molar-refractivity contribution in [3.8, 4) is 0 Å². The van der Waals surface area contributed by atoms with Gasteiger partial charge in [-0.2, -0.15) is 0 Å². The summed E-state index contributed by atoms with van der Waals surface area (Å²) < 4.78 is 0. The number of hydrogen-bond acceptors (Lipinski definition) is 0. The fraction of sp³-hybridized carbons (Fsp3) is 0.478. The van der Waals surface area contributed by atoms with Crippen LogP contribution in [0.4, 0.5) is 0 Å². The molecule has 250 valence electrons. The Kier molecular flexibility index (Phi) is 17.1. The van der Waals surface area contributed by atoms with E-state index in [-0.39, 0.29) is 0 Å². The maximum absolute atomic E-state index is 2.37. The quantitative estimate of drug-likeness (QED) is 0.169. The molecule has 0 aromatic rings. The largest absolute Gasteiger partial charge is 0.0885 e. The highest BCUT2D eigenvalue weighted by atomic mass is 14.3. The Morgan fingerprint density at radius 1 is 0.500 bits per heavy atom. The number of rotatable bonds is 10. The molecule has 0 radical (unpaired) electrons. The van der Waals surface area contributed by atoms with E-state index in [0.29, 0.717) is 10.8 Å². The molecule has 0 amide bonds. The van der Waals surface area contributed by atoms with Gasteiger partial charge in [0.15, 0.2) is 0 Å². The molecule has 0 heterocycles. The minimum atomic E-state index is 0.291. The van der Waals surface area contributed by atoms with Crippen LogP contribution in [0.1, 0.15) is 133 Å². The van der Waals surface area contributed by atoms with Crippen LogP contribution in [-0.2, 0) is 0 Å². The van der Waals surface area contributed by atoms with Gasteiger partial charge in [-0.25, -0.2) is 0 Å². The zero-order valence-electron chi connectivity index (χ0n) is 31.3. The van der Waals surface area contributed by atoms with Gasteiger partial charge < -0.3 is 0 Å².